The van der Waals surface area contributed by atoms with Crippen molar-refractivity contribution in [3.8, 4) is 0 Å². The van der Waals surface area contributed by atoms with Gasteiger partial charge in [0.15, 0.2) is 4.34 Å². The zero-order chi connectivity index (χ0) is 15.5. The topological polar surface area (TPSA) is 89.3 Å². The molecule has 0 radical (unpaired) electrons. The van der Waals surface area contributed by atoms with Crippen LogP contribution in [0.5, 0.6) is 0 Å². The highest BCUT2D eigenvalue weighted by atomic mass is 35.5. The third kappa shape index (κ3) is 4.69. The second kappa shape index (κ2) is 6.84. The molecular weight excluding hydrogens is 324 g/mol. The van der Waals surface area contributed by atoms with Crippen LogP contribution in [0.3, 0.4) is 0 Å². The Kier molecular flexibility index (Phi) is 5.93. The number of hydrogen-bond acceptors (Lipinski definition) is 5. The molecule has 1 aromatic heterocycles. The zero-order valence-electron chi connectivity index (χ0n) is 11.4. The van der Waals surface area contributed by atoms with Crippen molar-refractivity contribution in [2.24, 2.45) is 5.92 Å². The van der Waals surface area contributed by atoms with E-state index in [1.807, 2.05) is 0 Å². The van der Waals surface area contributed by atoms with E-state index in [0.717, 1.165) is 12.5 Å². The number of nitro groups is 1. The van der Waals surface area contributed by atoms with Gasteiger partial charge in [-0.05, 0) is 25.7 Å². The van der Waals surface area contributed by atoms with Crippen LogP contribution < -0.4 is 4.72 Å². The summed E-state index contributed by atoms with van der Waals surface area (Å²) in [5.74, 6) is 0.485. The van der Waals surface area contributed by atoms with Gasteiger partial charge in [0.25, 0.3) is 15.7 Å². The van der Waals surface area contributed by atoms with Crippen LogP contribution in [0.2, 0.25) is 4.34 Å². The Morgan fingerprint density at radius 3 is 2.45 bits per heavy atom. The molecule has 0 saturated heterocycles. The van der Waals surface area contributed by atoms with E-state index >= 15 is 0 Å². The Morgan fingerprint density at radius 1 is 1.40 bits per heavy atom. The fourth-order valence-electron chi connectivity index (χ4n) is 1.56. The molecule has 0 aliphatic carbocycles. The van der Waals surface area contributed by atoms with E-state index in [1.54, 1.807) is 6.92 Å². The minimum absolute atomic E-state index is 0.134. The molecule has 1 heterocycles. The molecule has 0 saturated carbocycles. The predicted molar refractivity (Wildman–Crippen MR) is 79.8 cm³/mol. The van der Waals surface area contributed by atoms with E-state index in [0.29, 0.717) is 23.7 Å². The molecule has 0 bridgehead atoms. The Balaban J connectivity index is 2.83. The minimum Gasteiger partial charge on any atom is -0.258 e. The van der Waals surface area contributed by atoms with Crippen molar-refractivity contribution in [2.75, 3.05) is 0 Å². The quantitative estimate of drug-likeness (QED) is 0.608. The molecule has 114 valence electrons. The van der Waals surface area contributed by atoms with Crippen molar-refractivity contribution in [1.29, 1.82) is 0 Å². The van der Waals surface area contributed by atoms with Gasteiger partial charge in [0, 0.05) is 12.1 Å². The summed E-state index contributed by atoms with van der Waals surface area (Å²) in [7, 11) is -3.76. The normalized spacial score (nSPS) is 13.7. The first-order valence-corrected chi connectivity index (χ1v) is 8.77. The summed E-state index contributed by atoms with van der Waals surface area (Å²) in [4.78, 5) is 9.98. The van der Waals surface area contributed by atoms with Gasteiger partial charge in [-0.3, -0.25) is 10.1 Å². The number of thiophene rings is 1. The molecule has 1 N–H and O–H groups in total. The van der Waals surface area contributed by atoms with Crippen LogP contribution in [0.4, 0.5) is 5.69 Å². The summed E-state index contributed by atoms with van der Waals surface area (Å²) < 4.78 is 26.4. The molecule has 0 spiro atoms. The molecule has 1 rings (SSSR count). The van der Waals surface area contributed by atoms with Gasteiger partial charge >= 0.3 is 0 Å². The van der Waals surface area contributed by atoms with E-state index < -0.39 is 14.9 Å². The van der Waals surface area contributed by atoms with Gasteiger partial charge in [0.1, 0.15) is 4.21 Å². The van der Waals surface area contributed by atoms with Gasteiger partial charge in [0.2, 0.25) is 0 Å². The smallest absolute Gasteiger partial charge is 0.258 e. The van der Waals surface area contributed by atoms with Crippen LogP contribution in [0.25, 0.3) is 0 Å². The average molecular weight is 341 g/mol. The summed E-state index contributed by atoms with van der Waals surface area (Å²) in [5, 5.41) is 10.7. The summed E-state index contributed by atoms with van der Waals surface area (Å²) in [6.45, 7) is 5.89. The van der Waals surface area contributed by atoms with Crippen LogP contribution in [0.15, 0.2) is 10.3 Å². The Morgan fingerprint density at radius 2 is 2.00 bits per heavy atom. The van der Waals surface area contributed by atoms with Crippen molar-refractivity contribution in [2.45, 2.75) is 43.9 Å². The van der Waals surface area contributed by atoms with E-state index in [2.05, 4.69) is 18.6 Å². The molecule has 6 nitrogen and oxygen atoms in total. The summed E-state index contributed by atoms with van der Waals surface area (Å²) in [6.07, 6.45) is 1.60. The first-order valence-electron chi connectivity index (χ1n) is 6.09. The first-order chi connectivity index (χ1) is 9.13. The lowest BCUT2D eigenvalue weighted by Gasteiger charge is -2.14. The monoisotopic (exact) mass is 340 g/mol. The Hall–Kier alpha value is -0.700. The third-order valence-corrected chi connectivity index (χ3v) is 6.04. The van der Waals surface area contributed by atoms with Gasteiger partial charge in [-0.1, -0.05) is 25.4 Å². The third-order valence-electron chi connectivity index (χ3n) is 2.64. The van der Waals surface area contributed by atoms with E-state index in [4.69, 9.17) is 11.6 Å². The predicted octanol–water partition coefficient (Wildman–Crippen LogP) is 3.41. The lowest BCUT2D eigenvalue weighted by Crippen LogP contribution is -2.32. The maximum atomic E-state index is 12.1. The summed E-state index contributed by atoms with van der Waals surface area (Å²) >= 11 is 6.36. The second-order valence-electron chi connectivity index (χ2n) is 4.98. The standard InChI is InChI=1S/C11H17ClN2O4S2/c1-7(2)4-5-8(3)13-20(17,18)10-6-9(14(15)16)11(12)19-10/h6-8,13H,4-5H2,1-3H3. The number of nitrogens with zero attached hydrogens (tertiary/aromatic N) is 1. The van der Waals surface area contributed by atoms with Crippen molar-refractivity contribution >= 4 is 38.6 Å². The number of nitrogens with one attached hydrogen (secondary N) is 1. The van der Waals surface area contributed by atoms with Crippen LogP contribution >= 0.6 is 22.9 Å². The lowest BCUT2D eigenvalue weighted by atomic mass is 10.1. The summed E-state index contributed by atoms with van der Waals surface area (Å²) in [6, 6.07) is 0.757. The highest BCUT2D eigenvalue weighted by Crippen LogP contribution is 2.36. The lowest BCUT2D eigenvalue weighted by molar-refractivity contribution is -0.384. The van der Waals surface area contributed by atoms with Crippen molar-refractivity contribution in [3.63, 3.8) is 0 Å². The van der Waals surface area contributed by atoms with Crippen molar-refractivity contribution < 1.29 is 13.3 Å². The van der Waals surface area contributed by atoms with Crippen molar-refractivity contribution in [3.05, 3.63) is 20.5 Å². The van der Waals surface area contributed by atoms with Gasteiger partial charge in [-0.2, -0.15) is 0 Å². The molecule has 0 aliphatic heterocycles. The Bertz CT molecular complexity index is 583. The Labute approximate surface area is 127 Å². The molecular formula is C11H17ClN2O4S2. The maximum absolute atomic E-state index is 12.1. The fraction of sp³-hybridized carbons (Fsp3) is 0.636. The highest BCUT2D eigenvalue weighted by Gasteiger charge is 2.26. The van der Waals surface area contributed by atoms with Gasteiger partial charge in [0.05, 0.1) is 4.92 Å². The minimum atomic E-state index is -3.76. The van der Waals surface area contributed by atoms with Crippen LogP contribution in [-0.4, -0.2) is 19.4 Å². The second-order valence-corrected chi connectivity index (χ2v) is 8.57. The van der Waals surface area contributed by atoms with E-state index in [9.17, 15) is 18.5 Å². The molecule has 0 amide bonds. The molecule has 20 heavy (non-hydrogen) atoms. The van der Waals surface area contributed by atoms with Crippen LogP contribution in [0.1, 0.15) is 33.6 Å². The molecule has 1 atom stereocenters. The van der Waals surface area contributed by atoms with E-state index in [-0.39, 0.29) is 20.3 Å². The molecule has 9 heteroatoms. The zero-order valence-corrected chi connectivity index (χ0v) is 13.8. The van der Waals surface area contributed by atoms with Gasteiger partial charge < -0.3 is 0 Å². The maximum Gasteiger partial charge on any atom is 0.300 e. The number of hydrogen-bond donors (Lipinski definition) is 1. The van der Waals surface area contributed by atoms with Crippen LogP contribution in [0, 0.1) is 16.0 Å². The van der Waals surface area contributed by atoms with Gasteiger partial charge in [-0.15, -0.1) is 11.3 Å². The molecule has 1 aromatic rings. The SMILES string of the molecule is CC(C)CCC(C)NS(=O)(=O)c1cc([N+](=O)[O-])c(Cl)s1. The van der Waals surface area contributed by atoms with E-state index in [1.165, 1.54) is 0 Å². The molecule has 0 fully saturated rings. The number of sulfonamides is 1. The van der Waals surface area contributed by atoms with Crippen LogP contribution in [-0.2, 0) is 10.0 Å². The average Bonchev–Trinajstić information content (AvgIpc) is 2.69. The number of halogens is 1. The molecule has 0 aromatic carbocycles. The first kappa shape index (κ1) is 17.4. The fourth-order valence-corrected chi connectivity index (χ4v) is 4.52. The molecule has 0 aliphatic rings. The largest absolute Gasteiger partial charge is 0.300 e. The summed E-state index contributed by atoms with van der Waals surface area (Å²) in [5.41, 5.74) is -0.383. The molecule has 1 unspecified atom stereocenters. The number of rotatable bonds is 7. The highest BCUT2D eigenvalue weighted by molar-refractivity contribution is 7.91. The van der Waals surface area contributed by atoms with Crippen molar-refractivity contribution in [1.82, 2.24) is 4.72 Å². The van der Waals surface area contributed by atoms with Gasteiger partial charge in [-0.25, -0.2) is 13.1 Å².